The monoisotopic (exact) mass is 274 g/mol. The predicted molar refractivity (Wildman–Crippen MR) is 53.6 cm³/mol. The fourth-order valence-electron chi connectivity index (χ4n) is 1.25. The molecule has 17 heavy (non-hydrogen) atoms. The van der Waals surface area contributed by atoms with Gasteiger partial charge in [-0.05, 0) is 30.5 Å². The summed E-state index contributed by atoms with van der Waals surface area (Å²) in [6, 6.07) is 4.75. The zero-order valence-corrected chi connectivity index (χ0v) is 12.1. The molecule has 0 N–H and O–H groups in total. The van der Waals surface area contributed by atoms with Gasteiger partial charge in [0.05, 0.1) is 5.56 Å². The van der Waals surface area contributed by atoms with Gasteiger partial charge >= 0.3 is 35.7 Å². The molecule has 1 aromatic carbocycles. The van der Waals surface area contributed by atoms with E-state index in [-0.39, 0.29) is 35.3 Å². The Morgan fingerprint density at radius 3 is 2.12 bits per heavy atom. The molecule has 0 aromatic heterocycles. The average molecular weight is 274 g/mol. The van der Waals surface area contributed by atoms with E-state index in [2.05, 4.69) is 0 Å². The summed E-state index contributed by atoms with van der Waals surface area (Å²) in [7, 11) is 0. The summed E-state index contributed by atoms with van der Waals surface area (Å²) < 4.78 is 57.0. The van der Waals surface area contributed by atoms with Crippen LogP contribution in [0.15, 0.2) is 24.3 Å². The van der Waals surface area contributed by atoms with Crippen molar-refractivity contribution in [2.45, 2.75) is 19.0 Å². The van der Waals surface area contributed by atoms with Crippen molar-refractivity contribution >= 4 is 11.1 Å². The smallest absolute Gasteiger partial charge is 0.772 e. The average Bonchev–Trinajstić information content (AvgIpc) is 2.16. The van der Waals surface area contributed by atoms with E-state index in [1.165, 1.54) is 12.1 Å². The van der Waals surface area contributed by atoms with Crippen molar-refractivity contribution < 1.29 is 51.5 Å². The van der Waals surface area contributed by atoms with E-state index >= 15 is 0 Å². The van der Waals surface area contributed by atoms with Crippen LogP contribution in [0.2, 0.25) is 0 Å². The van der Waals surface area contributed by atoms with E-state index in [9.17, 15) is 21.9 Å². The number of hydrogen-bond donors (Lipinski definition) is 0. The van der Waals surface area contributed by atoms with E-state index in [1.807, 2.05) is 0 Å². The molecule has 0 aliphatic carbocycles. The van der Waals surface area contributed by atoms with Crippen molar-refractivity contribution in [3.63, 3.8) is 0 Å². The molecule has 0 spiro atoms. The summed E-state index contributed by atoms with van der Waals surface area (Å²) in [4.78, 5) is 0. The molecule has 0 aliphatic rings. The van der Waals surface area contributed by atoms with Crippen LogP contribution < -0.4 is 29.6 Å². The normalized spacial score (nSPS) is 12.9. The molecule has 90 valence electrons. The predicted octanol–water partition coefficient (Wildman–Crippen LogP) is -0.479. The van der Waals surface area contributed by atoms with Crippen molar-refractivity contribution in [3.05, 3.63) is 35.4 Å². The Morgan fingerprint density at radius 2 is 1.71 bits per heavy atom. The molecule has 1 aromatic rings. The molecule has 0 saturated carbocycles. The van der Waals surface area contributed by atoms with Gasteiger partial charge in [0.1, 0.15) is 0 Å². The van der Waals surface area contributed by atoms with Gasteiger partial charge in [0.25, 0.3) is 0 Å². The van der Waals surface area contributed by atoms with Crippen molar-refractivity contribution in [3.8, 4) is 0 Å². The van der Waals surface area contributed by atoms with Gasteiger partial charge in [0, 0.05) is 5.75 Å². The second-order valence-corrected chi connectivity index (χ2v) is 4.32. The summed E-state index contributed by atoms with van der Waals surface area (Å²) in [5, 5.41) is 0. The summed E-state index contributed by atoms with van der Waals surface area (Å²) >= 11 is -2.09. The Hall–Kier alpha value is 0.120. The van der Waals surface area contributed by atoms with Gasteiger partial charge in [-0.1, -0.05) is 23.2 Å². The zero-order valence-electron chi connectivity index (χ0n) is 9.29. The topological polar surface area (TPSA) is 40.1 Å². The Labute approximate surface area is 122 Å². The van der Waals surface area contributed by atoms with Gasteiger partial charge < -0.3 is 4.55 Å². The van der Waals surface area contributed by atoms with Crippen molar-refractivity contribution in [2.75, 3.05) is 5.75 Å². The van der Waals surface area contributed by atoms with Crippen LogP contribution in [0.1, 0.15) is 17.5 Å². The third-order valence-corrected chi connectivity index (χ3v) is 2.68. The van der Waals surface area contributed by atoms with Crippen LogP contribution in [0.25, 0.3) is 0 Å². The van der Waals surface area contributed by atoms with Crippen molar-refractivity contribution in [1.29, 1.82) is 0 Å². The molecular formula is C10H10F3NaO2S. The van der Waals surface area contributed by atoms with E-state index in [0.717, 1.165) is 12.1 Å². The molecule has 0 fully saturated rings. The van der Waals surface area contributed by atoms with Crippen LogP contribution in [-0.2, 0) is 23.7 Å². The zero-order chi connectivity index (χ0) is 12.2. The van der Waals surface area contributed by atoms with E-state index in [1.54, 1.807) is 0 Å². The van der Waals surface area contributed by atoms with Gasteiger partial charge in [-0.3, -0.25) is 4.21 Å². The molecule has 0 radical (unpaired) electrons. The maximum Gasteiger partial charge on any atom is 1.00 e. The number of aryl methyl sites for hydroxylation is 1. The number of benzene rings is 1. The van der Waals surface area contributed by atoms with Crippen LogP contribution in [0, 0.1) is 0 Å². The van der Waals surface area contributed by atoms with Crippen LogP contribution in [0.5, 0.6) is 0 Å². The first-order chi connectivity index (χ1) is 7.39. The van der Waals surface area contributed by atoms with Crippen LogP contribution in [0.3, 0.4) is 0 Å². The maximum absolute atomic E-state index is 12.2. The fourth-order valence-corrected chi connectivity index (χ4v) is 1.63. The first-order valence-electron chi connectivity index (χ1n) is 4.61. The molecule has 1 atom stereocenters. The van der Waals surface area contributed by atoms with E-state index in [4.69, 9.17) is 0 Å². The molecule has 0 heterocycles. The molecule has 0 amide bonds. The number of halogens is 3. The second kappa shape index (κ2) is 7.53. The minimum Gasteiger partial charge on any atom is -0.772 e. The van der Waals surface area contributed by atoms with Gasteiger partial charge in [0.2, 0.25) is 0 Å². The largest absolute Gasteiger partial charge is 1.00 e. The summed E-state index contributed by atoms with van der Waals surface area (Å²) in [6.07, 6.45) is -3.44. The molecule has 1 rings (SSSR count). The first kappa shape index (κ1) is 17.1. The Bertz CT molecular complexity index is 365. The summed E-state index contributed by atoms with van der Waals surface area (Å²) in [5.74, 6) is 0.0288. The van der Waals surface area contributed by atoms with E-state index in [0.29, 0.717) is 18.4 Å². The maximum atomic E-state index is 12.2. The Morgan fingerprint density at radius 1 is 1.18 bits per heavy atom. The van der Waals surface area contributed by atoms with Gasteiger partial charge in [-0.25, -0.2) is 0 Å². The molecule has 1 unspecified atom stereocenters. The third kappa shape index (κ3) is 6.57. The number of alkyl halides is 3. The van der Waals surface area contributed by atoms with E-state index < -0.39 is 22.8 Å². The number of rotatable bonds is 4. The minimum atomic E-state index is -4.32. The standard InChI is InChI=1S/C10H11F3O2S.Na/c11-10(12,13)9-5-3-8(4-6-9)2-1-7-16(14)15;/h3-6H,1-2,7H2,(H,14,15);/q;+1/p-1. The molecular weight excluding hydrogens is 264 g/mol. The van der Waals surface area contributed by atoms with Gasteiger partial charge in [0.15, 0.2) is 0 Å². The van der Waals surface area contributed by atoms with Crippen molar-refractivity contribution in [2.24, 2.45) is 0 Å². The van der Waals surface area contributed by atoms with Gasteiger partial charge in [-0.15, -0.1) is 0 Å². The van der Waals surface area contributed by atoms with Crippen LogP contribution in [-0.4, -0.2) is 14.5 Å². The summed E-state index contributed by atoms with van der Waals surface area (Å²) in [6.45, 7) is 0. The Kier molecular flexibility index (Phi) is 7.58. The van der Waals surface area contributed by atoms with Crippen molar-refractivity contribution in [1.82, 2.24) is 0 Å². The van der Waals surface area contributed by atoms with Crippen LogP contribution >= 0.6 is 0 Å². The quantitative estimate of drug-likeness (QED) is 0.550. The minimum absolute atomic E-state index is 0. The summed E-state index contributed by atoms with van der Waals surface area (Å²) in [5.41, 5.74) is 0.0158. The molecule has 0 saturated heterocycles. The first-order valence-corrected chi connectivity index (χ1v) is 5.86. The fraction of sp³-hybridized carbons (Fsp3) is 0.400. The Balaban J connectivity index is 0.00000256. The molecule has 0 bridgehead atoms. The molecule has 0 aliphatic heterocycles. The third-order valence-electron chi connectivity index (χ3n) is 2.06. The molecule has 2 nitrogen and oxygen atoms in total. The second-order valence-electron chi connectivity index (χ2n) is 3.31. The molecule has 7 heteroatoms. The van der Waals surface area contributed by atoms with Crippen LogP contribution in [0.4, 0.5) is 13.2 Å². The SMILES string of the molecule is O=S([O-])CCCc1ccc(C(F)(F)F)cc1.[Na+]. The van der Waals surface area contributed by atoms with Gasteiger partial charge in [-0.2, -0.15) is 13.2 Å². The number of hydrogen-bond acceptors (Lipinski definition) is 2.